The summed E-state index contributed by atoms with van der Waals surface area (Å²) in [6, 6.07) is 12.4. The molecule has 0 fully saturated rings. The van der Waals surface area contributed by atoms with Crippen molar-refractivity contribution in [3.05, 3.63) is 58.8 Å². The van der Waals surface area contributed by atoms with E-state index in [0.29, 0.717) is 22.6 Å². The van der Waals surface area contributed by atoms with Crippen molar-refractivity contribution < 1.29 is 18.7 Å². The Hall–Kier alpha value is -2.46. The maximum Gasteiger partial charge on any atom is 0.339 e. The first kappa shape index (κ1) is 14.5. The van der Waals surface area contributed by atoms with E-state index in [4.69, 9.17) is 20.8 Å². The predicted molar refractivity (Wildman–Crippen MR) is 83.8 cm³/mol. The van der Waals surface area contributed by atoms with Crippen molar-refractivity contribution in [2.45, 2.75) is 6.92 Å². The van der Waals surface area contributed by atoms with Gasteiger partial charge in [0, 0.05) is 11.5 Å². The summed E-state index contributed by atoms with van der Waals surface area (Å²) < 4.78 is 16.1. The molecule has 0 aliphatic heterocycles. The van der Waals surface area contributed by atoms with Crippen LogP contribution in [0.15, 0.2) is 46.9 Å². The SMILES string of the molecule is COC(=O)c1ccc(Oc2cccc3cc(C)oc23)cc1Cl. The van der Waals surface area contributed by atoms with E-state index < -0.39 is 5.97 Å². The number of halogens is 1. The third kappa shape index (κ3) is 2.65. The molecule has 0 spiro atoms. The number of hydrogen-bond acceptors (Lipinski definition) is 4. The summed E-state index contributed by atoms with van der Waals surface area (Å²) in [7, 11) is 1.31. The van der Waals surface area contributed by atoms with E-state index >= 15 is 0 Å². The minimum absolute atomic E-state index is 0.271. The molecule has 1 heterocycles. The van der Waals surface area contributed by atoms with Gasteiger partial charge in [0.1, 0.15) is 11.5 Å². The fourth-order valence-corrected chi connectivity index (χ4v) is 2.45. The lowest BCUT2D eigenvalue weighted by Crippen LogP contribution is -2.01. The first-order valence-corrected chi connectivity index (χ1v) is 7.01. The van der Waals surface area contributed by atoms with Gasteiger partial charge in [-0.15, -0.1) is 0 Å². The molecule has 0 bridgehead atoms. The van der Waals surface area contributed by atoms with Gasteiger partial charge in [0.05, 0.1) is 17.7 Å². The zero-order valence-electron chi connectivity index (χ0n) is 12.1. The highest BCUT2D eigenvalue weighted by atomic mass is 35.5. The molecule has 0 aliphatic carbocycles. The molecule has 0 radical (unpaired) electrons. The molecule has 0 saturated heterocycles. The van der Waals surface area contributed by atoms with Gasteiger partial charge in [-0.25, -0.2) is 4.79 Å². The van der Waals surface area contributed by atoms with E-state index in [1.54, 1.807) is 18.2 Å². The van der Waals surface area contributed by atoms with Crippen LogP contribution in [0.25, 0.3) is 11.0 Å². The number of esters is 1. The van der Waals surface area contributed by atoms with E-state index in [1.165, 1.54) is 7.11 Å². The van der Waals surface area contributed by atoms with Crippen molar-refractivity contribution in [1.82, 2.24) is 0 Å². The van der Waals surface area contributed by atoms with Crippen LogP contribution in [0.2, 0.25) is 5.02 Å². The molecule has 0 atom stereocenters. The molecule has 0 N–H and O–H groups in total. The van der Waals surface area contributed by atoms with Crippen LogP contribution in [0, 0.1) is 6.92 Å². The predicted octanol–water partition coefficient (Wildman–Crippen LogP) is 4.97. The number of para-hydroxylation sites is 1. The van der Waals surface area contributed by atoms with Crippen LogP contribution in [0.4, 0.5) is 0 Å². The first-order chi connectivity index (χ1) is 10.6. The Balaban J connectivity index is 1.95. The Kier molecular flexibility index (Phi) is 3.77. The molecule has 2 aromatic carbocycles. The maximum atomic E-state index is 11.5. The summed E-state index contributed by atoms with van der Waals surface area (Å²) in [5, 5.41) is 1.24. The topological polar surface area (TPSA) is 48.7 Å². The zero-order valence-corrected chi connectivity index (χ0v) is 12.8. The molecule has 0 saturated carbocycles. The number of methoxy groups -OCH3 is 1. The fraction of sp³-hybridized carbons (Fsp3) is 0.118. The van der Waals surface area contributed by atoms with Gasteiger partial charge < -0.3 is 13.9 Å². The molecular weight excluding hydrogens is 304 g/mol. The molecule has 22 heavy (non-hydrogen) atoms. The summed E-state index contributed by atoms with van der Waals surface area (Å²) in [6.45, 7) is 1.88. The average molecular weight is 317 g/mol. The van der Waals surface area contributed by atoms with Crippen LogP contribution in [0.5, 0.6) is 11.5 Å². The second kappa shape index (κ2) is 5.73. The lowest BCUT2D eigenvalue weighted by atomic mass is 10.2. The highest BCUT2D eigenvalue weighted by Gasteiger charge is 2.13. The second-order valence-electron chi connectivity index (χ2n) is 4.77. The number of rotatable bonds is 3. The Labute approximate surface area is 132 Å². The van der Waals surface area contributed by atoms with Crippen LogP contribution < -0.4 is 4.74 Å². The highest BCUT2D eigenvalue weighted by molar-refractivity contribution is 6.33. The molecule has 3 aromatic rings. The summed E-state index contributed by atoms with van der Waals surface area (Å²) in [5.41, 5.74) is 0.969. The van der Waals surface area contributed by atoms with E-state index in [9.17, 15) is 4.79 Å². The smallest absolute Gasteiger partial charge is 0.339 e. The lowest BCUT2D eigenvalue weighted by Gasteiger charge is -2.08. The fourth-order valence-electron chi connectivity index (χ4n) is 2.21. The van der Waals surface area contributed by atoms with Gasteiger partial charge in [-0.1, -0.05) is 23.7 Å². The molecule has 0 amide bonds. The summed E-state index contributed by atoms with van der Waals surface area (Å²) >= 11 is 6.09. The number of hydrogen-bond donors (Lipinski definition) is 0. The van der Waals surface area contributed by atoms with Gasteiger partial charge in [0.15, 0.2) is 11.3 Å². The zero-order chi connectivity index (χ0) is 15.7. The largest absolute Gasteiger partial charge is 0.465 e. The maximum absolute atomic E-state index is 11.5. The van der Waals surface area contributed by atoms with Crippen molar-refractivity contribution in [3.63, 3.8) is 0 Å². The Morgan fingerprint density at radius 2 is 2.00 bits per heavy atom. The van der Waals surface area contributed by atoms with Crippen LogP contribution >= 0.6 is 11.6 Å². The van der Waals surface area contributed by atoms with Gasteiger partial charge in [-0.05, 0) is 31.2 Å². The quantitative estimate of drug-likeness (QED) is 0.640. The Morgan fingerprint density at radius 3 is 2.73 bits per heavy atom. The average Bonchev–Trinajstić information content (AvgIpc) is 2.88. The summed E-state index contributed by atoms with van der Waals surface area (Å²) in [4.78, 5) is 11.5. The third-order valence-corrected chi connectivity index (χ3v) is 3.52. The molecule has 1 aromatic heterocycles. The number of aryl methyl sites for hydroxylation is 1. The third-order valence-electron chi connectivity index (χ3n) is 3.20. The van der Waals surface area contributed by atoms with Crippen LogP contribution in [0.1, 0.15) is 16.1 Å². The number of fused-ring (bicyclic) bond motifs is 1. The van der Waals surface area contributed by atoms with Crippen LogP contribution in [-0.4, -0.2) is 13.1 Å². The number of carbonyl (C=O) groups is 1. The number of furan rings is 1. The minimum Gasteiger partial charge on any atom is -0.465 e. The van der Waals surface area contributed by atoms with Gasteiger partial charge >= 0.3 is 5.97 Å². The molecular formula is C17H13ClO4. The van der Waals surface area contributed by atoms with Crippen LogP contribution in [-0.2, 0) is 4.74 Å². The Morgan fingerprint density at radius 1 is 1.18 bits per heavy atom. The van der Waals surface area contributed by atoms with Crippen molar-refractivity contribution in [3.8, 4) is 11.5 Å². The first-order valence-electron chi connectivity index (χ1n) is 6.63. The van der Waals surface area contributed by atoms with E-state index in [-0.39, 0.29) is 5.02 Å². The molecule has 0 unspecified atom stereocenters. The van der Waals surface area contributed by atoms with E-state index in [2.05, 4.69) is 4.74 Å². The van der Waals surface area contributed by atoms with E-state index in [1.807, 2.05) is 31.2 Å². The number of ether oxygens (including phenoxy) is 2. The molecule has 112 valence electrons. The standard InChI is InChI=1S/C17H13ClO4/c1-10-8-11-4-3-5-15(16(11)21-10)22-12-6-7-13(14(18)9-12)17(19)20-2/h3-9H,1-2H3. The molecule has 4 nitrogen and oxygen atoms in total. The highest BCUT2D eigenvalue weighted by Crippen LogP contribution is 2.33. The Bertz CT molecular complexity index is 851. The molecule has 3 rings (SSSR count). The minimum atomic E-state index is -0.486. The monoisotopic (exact) mass is 316 g/mol. The van der Waals surface area contributed by atoms with Gasteiger partial charge in [0.25, 0.3) is 0 Å². The summed E-state index contributed by atoms with van der Waals surface area (Å²) in [5.74, 6) is 1.43. The van der Waals surface area contributed by atoms with Crippen LogP contribution in [0.3, 0.4) is 0 Å². The van der Waals surface area contributed by atoms with E-state index in [0.717, 1.165) is 11.1 Å². The van der Waals surface area contributed by atoms with Crippen molar-refractivity contribution >= 4 is 28.5 Å². The summed E-state index contributed by atoms with van der Waals surface area (Å²) in [6.07, 6.45) is 0. The molecule has 5 heteroatoms. The van der Waals surface area contributed by atoms with Crippen molar-refractivity contribution in [2.24, 2.45) is 0 Å². The van der Waals surface area contributed by atoms with Crippen molar-refractivity contribution in [1.29, 1.82) is 0 Å². The van der Waals surface area contributed by atoms with Gasteiger partial charge in [-0.2, -0.15) is 0 Å². The normalized spacial score (nSPS) is 10.7. The number of carbonyl (C=O) groups excluding carboxylic acids is 1. The molecule has 0 aliphatic rings. The van der Waals surface area contributed by atoms with Gasteiger partial charge in [-0.3, -0.25) is 0 Å². The lowest BCUT2D eigenvalue weighted by molar-refractivity contribution is 0.0601. The number of benzene rings is 2. The van der Waals surface area contributed by atoms with Crippen molar-refractivity contribution in [2.75, 3.05) is 7.11 Å². The second-order valence-corrected chi connectivity index (χ2v) is 5.17. The van der Waals surface area contributed by atoms with Gasteiger partial charge in [0.2, 0.25) is 0 Å².